The van der Waals surface area contributed by atoms with Crippen LogP contribution in [0.1, 0.15) is 16.7 Å². The van der Waals surface area contributed by atoms with Crippen LogP contribution in [0.15, 0.2) is 114 Å². The quantitative estimate of drug-likeness (QED) is 0.221. The van der Waals surface area contributed by atoms with Gasteiger partial charge in [0.05, 0.1) is 10.6 Å². The number of hydrogen-bond donors (Lipinski definition) is 1. The zero-order chi connectivity index (χ0) is 29.4. The van der Waals surface area contributed by atoms with Crippen molar-refractivity contribution in [1.82, 2.24) is 10.2 Å². The van der Waals surface area contributed by atoms with Crippen LogP contribution in [0, 0.1) is 10.5 Å². The molecular formula is C32H32IN3O4S. The van der Waals surface area contributed by atoms with Gasteiger partial charge >= 0.3 is 0 Å². The third-order valence-electron chi connectivity index (χ3n) is 6.84. The summed E-state index contributed by atoms with van der Waals surface area (Å²) in [5, 5.41) is 2.70. The molecule has 0 aliphatic carbocycles. The van der Waals surface area contributed by atoms with E-state index in [2.05, 4.69) is 27.9 Å². The fourth-order valence-electron chi connectivity index (χ4n) is 4.55. The molecule has 0 fully saturated rings. The minimum atomic E-state index is -4.10. The fourth-order valence-corrected chi connectivity index (χ4v) is 6.34. The molecule has 9 heteroatoms. The van der Waals surface area contributed by atoms with Crippen LogP contribution in [0.25, 0.3) is 0 Å². The van der Waals surface area contributed by atoms with Crippen molar-refractivity contribution in [2.75, 3.05) is 17.9 Å². The molecule has 0 aliphatic rings. The number of carbonyl (C=O) groups excluding carboxylic acids is 2. The van der Waals surface area contributed by atoms with Crippen LogP contribution in [0.3, 0.4) is 0 Å². The highest BCUT2D eigenvalue weighted by Crippen LogP contribution is 2.26. The van der Waals surface area contributed by atoms with Gasteiger partial charge in [-0.2, -0.15) is 0 Å². The standard InChI is InChI=1S/C32H32IN3O4S/c1-24-11-9-10-14-26(24)22-35(30(32(38)34-2)21-25-12-5-3-6-13-25)31(37)23-36(28-19-17-27(33)18-20-28)41(39,40)29-15-7-4-8-16-29/h3-20,30H,21-23H2,1-2H3,(H,34,38)/t30-/m0/s1. The second-order valence-corrected chi connectivity index (χ2v) is 12.7. The van der Waals surface area contributed by atoms with Gasteiger partial charge in [-0.15, -0.1) is 0 Å². The van der Waals surface area contributed by atoms with E-state index in [1.807, 2.05) is 61.5 Å². The highest BCUT2D eigenvalue weighted by Gasteiger charge is 2.34. The molecule has 7 nitrogen and oxygen atoms in total. The van der Waals surface area contributed by atoms with Crippen LogP contribution >= 0.6 is 22.6 Å². The van der Waals surface area contributed by atoms with Crippen molar-refractivity contribution in [2.45, 2.75) is 30.8 Å². The summed E-state index contributed by atoms with van der Waals surface area (Å²) in [5.41, 5.74) is 3.08. The zero-order valence-electron chi connectivity index (χ0n) is 22.9. The number of nitrogens with one attached hydrogen (secondary N) is 1. The van der Waals surface area contributed by atoms with E-state index in [0.29, 0.717) is 5.69 Å². The Bertz CT molecular complexity index is 1580. The summed E-state index contributed by atoms with van der Waals surface area (Å²) in [4.78, 5) is 29.2. The number of aryl methyl sites for hydroxylation is 1. The second kappa shape index (κ2) is 13.8. The largest absolute Gasteiger partial charge is 0.357 e. The van der Waals surface area contributed by atoms with Gasteiger partial charge < -0.3 is 10.2 Å². The van der Waals surface area contributed by atoms with E-state index in [9.17, 15) is 18.0 Å². The number of amides is 2. The maximum atomic E-state index is 14.3. The van der Waals surface area contributed by atoms with E-state index in [1.54, 1.807) is 42.5 Å². The first-order chi connectivity index (χ1) is 19.7. The highest BCUT2D eigenvalue weighted by molar-refractivity contribution is 14.1. The van der Waals surface area contributed by atoms with E-state index >= 15 is 0 Å². The van der Waals surface area contributed by atoms with E-state index in [0.717, 1.165) is 24.6 Å². The first-order valence-corrected chi connectivity index (χ1v) is 15.7. The molecule has 0 saturated heterocycles. The van der Waals surface area contributed by atoms with Gasteiger partial charge in [-0.25, -0.2) is 8.42 Å². The average molecular weight is 682 g/mol. The van der Waals surface area contributed by atoms with Crippen molar-refractivity contribution in [3.05, 3.63) is 129 Å². The number of anilines is 1. The molecule has 0 aliphatic heterocycles. The number of nitrogens with zero attached hydrogens (tertiary/aromatic N) is 2. The van der Waals surface area contributed by atoms with Gasteiger partial charge in [0.2, 0.25) is 11.8 Å². The van der Waals surface area contributed by atoms with Gasteiger partial charge in [-0.05, 0) is 82.6 Å². The highest BCUT2D eigenvalue weighted by atomic mass is 127. The normalized spacial score (nSPS) is 11.9. The van der Waals surface area contributed by atoms with Crippen molar-refractivity contribution >= 4 is 50.1 Å². The molecule has 212 valence electrons. The number of rotatable bonds is 11. The lowest BCUT2D eigenvalue weighted by atomic mass is 10.0. The lowest BCUT2D eigenvalue weighted by Crippen LogP contribution is -2.53. The molecule has 1 atom stereocenters. The molecule has 4 aromatic carbocycles. The van der Waals surface area contributed by atoms with Crippen LogP contribution in [-0.4, -0.2) is 44.8 Å². The Kier molecular flexibility index (Phi) is 10.2. The molecule has 4 aromatic rings. The topological polar surface area (TPSA) is 86.8 Å². The summed E-state index contributed by atoms with van der Waals surface area (Å²) >= 11 is 2.15. The van der Waals surface area contributed by atoms with Gasteiger partial charge in [0.1, 0.15) is 12.6 Å². The number of halogens is 1. The van der Waals surface area contributed by atoms with Crippen molar-refractivity contribution < 1.29 is 18.0 Å². The van der Waals surface area contributed by atoms with E-state index < -0.39 is 28.5 Å². The monoisotopic (exact) mass is 681 g/mol. The average Bonchev–Trinajstić information content (AvgIpc) is 2.99. The Morgan fingerprint density at radius 3 is 2.02 bits per heavy atom. The molecule has 1 N–H and O–H groups in total. The number of sulfonamides is 1. The van der Waals surface area contributed by atoms with Gasteiger partial charge in [0, 0.05) is 23.6 Å². The molecular weight excluding hydrogens is 649 g/mol. The van der Waals surface area contributed by atoms with Crippen molar-refractivity contribution in [2.24, 2.45) is 0 Å². The Hall–Kier alpha value is -3.70. The summed E-state index contributed by atoms with van der Waals surface area (Å²) < 4.78 is 29.9. The smallest absolute Gasteiger partial charge is 0.264 e. The third kappa shape index (κ3) is 7.53. The summed E-state index contributed by atoms with van der Waals surface area (Å²) in [6.45, 7) is 1.61. The van der Waals surface area contributed by atoms with E-state index in [-0.39, 0.29) is 23.8 Å². The molecule has 4 rings (SSSR count). The maximum Gasteiger partial charge on any atom is 0.264 e. The van der Waals surface area contributed by atoms with Gasteiger partial charge in [0.15, 0.2) is 0 Å². The van der Waals surface area contributed by atoms with Crippen molar-refractivity contribution in [1.29, 1.82) is 0 Å². The molecule has 0 spiro atoms. The summed E-state index contributed by atoms with van der Waals surface area (Å²) in [6.07, 6.45) is 0.271. The van der Waals surface area contributed by atoms with E-state index in [4.69, 9.17) is 0 Å². The Labute approximate surface area is 255 Å². The summed E-state index contributed by atoms with van der Waals surface area (Å²) in [7, 11) is -2.57. The first-order valence-electron chi connectivity index (χ1n) is 13.1. The lowest BCUT2D eigenvalue weighted by Gasteiger charge is -2.34. The van der Waals surface area contributed by atoms with Crippen molar-refractivity contribution in [3.63, 3.8) is 0 Å². The summed E-state index contributed by atoms with van der Waals surface area (Å²) in [5.74, 6) is -0.821. The molecule has 0 unspecified atom stereocenters. The van der Waals surface area contributed by atoms with Crippen LogP contribution in [0.5, 0.6) is 0 Å². The number of carbonyl (C=O) groups is 2. The van der Waals surface area contributed by atoms with E-state index in [1.165, 1.54) is 24.1 Å². The van der Waals surface area contributed by atoms with Crippen LogP contribution in [0.4, 0.5) is 5.69 Å². The van der Waals surface area contributed by atoms with Crippen LogP contribution < -0.4 is 9.62 Å². The Morgan fingerprint density at radius 1 is 0.829 bits per heavy atom. The van der Waals surface area contributed by atoms with Crippen LogP contribution in [0.2, 0.25) is 0 Å². The number of hydrogen-bond acceptors (Lipinski definition) is 4. The molecule has 0 bridgehead atoms. The summed E-state index contributed by atoms with van der Waals surface area (Å²) in [6, 6.07) is 31.3. The Morgan fingerprint density at radius 2 is 1.41 bits per heavy atom. The molecule has 41 heavy (non-hydrogen) atoms. The lowest BCUT2D eigenvalue weighted by molar-refractivity contribution is -0.139. The van der Waals surface area contributed by atoms with Crippen molar-refractivity contribution in [3.8, 4) is 0 Å². The van der Waals surface area contributed by atoms with Crippen LogP contribution in [-0.2, 0) is 32.6 Å². The first kappa shape index (κ1) is 30.3. The third-order valence-corrected chi connectivity index (χ3v) is 9.35. The number of benzene rings is 4. The zero-order valence-corrected chi connectivity index (χ0v) is 25.9. The second-order valence-electron chi connectivity index (χ2n) is 9.57. The van der Waals surface area contributed by atoms with Gasteiger partial charge in [0.25, 0.3) is 10.0 Å². The molecule has 0 saturated carbocycles. The molecule has 0 aromatic heterocycles. The number of likely N-dealkylation sites (N-methyl/N-ethyl adjacent to an activating group) is 1. The molecule has 0 heterocycles. The predicted octanol–water partition coefficient (Wildman–Crippen LogP) is 5.18. The van der Waals surface area contributed by atoms with Gasteiger partial charge in [-0.1, -0.05) is 72.8 Å². The molecule has 2 amide bonds. The SMILES string of the molecule is CNC(=O)[C@H](Cc1ccccc1)N(Cc1ccccc1C)C(=O)CN(c1ccc(I)cc1)S(=O)(=O)c1ccccc1. The molecule has 0 radical (unpaired) electrons. The fraction of sp³-hybridized carbons (Fsp3) is 0.188. The minimum absolute atomic E-state index is 0.0731. The predicted molar refractivity (Wildman–Crippen MR) is 170 cm³/mol. The Balaban J connectivity index is 1.78. The van der Waals surface area contributed by atoms with Gasteiger partial charge in [-0.3, -0.25) is 13.9 Å². The minimum Gasteiger partial charge on any atom is -0.357 e. The maximum absolute atomic E-state index is 14.3.